The molecule has 0 N–H and O–H groups in total. The van der Waals surface area contributed by atoms with Crippen LogP contribution in [0.1, 0.15) is 15.9 Å². The van der Waals surface area contributed by atoms with Crippen molar-refractivity contribution in [2.45, 2.75) is 6.61 Å². The zero-order chi connectivity index (χ0) is 15.4. The molecular formula is C14H9ClNO5-. The molecular weight excluding hydrogens is 298 g/mol. The summed E-state index contributed by atoms with van der Waals surface area (Å²) < 4.78 is 5.39. The average Bonchev–Trinajstić information content (AvgIpc) is 2.46. The van der Waals surface area contributed by atoms with E-state index in [0.717, 1.165) is 0 Å². The van der Waals surface area contributed by atoms with Crippen LogP contribution < -0.4 is 9.84 Å². The first-order valence-corrected chi connectivity index (χ1v) is 6.22. The van der Waals surface area contributed by atoms with E-state index in [1.807, 2.05) is 0 Å². The highest BCUT2D eigenvalue weighted by atomic mass is 35.5. The van der Waals surface area contributed by atoms with E-state index < -0.39 is 10.9 Å². The Bertz CT molecular complexity index is 684. The first kappa shape index (κ1) is 14.8. The van der Waals surface area contributed by atoms with Gasteiger partial charge in [-0.25, -0.2) is 0 Å². The smallest absolute Gasteiger partial charge is 0.269 e. The van der Waals surface area contributed by atoms with Crippen molar-refractivity contribution in [2.75, 3.05) is 0 Å². The average molecular weight is 307 g/mol. The number of carboxylic acids is 1. The lowest BCUT2D eigenvalue weighted by Gasteiger charge is -2.12. The van der Waals surface area contributed by atoms with Crippen molar-refractivity contribution < 1.29 is 19.6 Å². The summed E-state index contributed by atoms with van der Waals surface area (Å²) in [4.78, 5) is 21.0. The van der Waals surface area contributed by atoms with E-state index in [1.165, 1.54) is 42.5 Å². The number of halogens is 1. The highest BCUT2D eigenvalue weighted by Crippen LogP contribution is 2.23. The molecule has 0 radical (unpaired) electrons. The first-order valence-electron chi connectivity index (χ1n) is 5.84. The number of carbonyl (C=O) groups is 1. The normalized spacial score (nSPS) is 10.1. The molecule has 0 aliphatic rings. The number of aromatic carboxylic acids is 1. The van der Waals surface area contributed by atoms with Gasteiger partial charge >= 0.3 is 0 Å². The first-order chi connectivity index (χ1) is 9.97. The van der Waals surface area contributed by atoms with Gasteiger partial charge < -0.3 is 14.6 Å². The summed E-state index contributed by atoms with van der Waals surface area (Å²) in [7, 11) is 0. The number of ether oxygens (including phenoxy) is 1. The molecule has 7 heteroatoms. The molecule has 0 aromatic heterocycles. The number of nitro groups is 1. The van der Waals surface area contributed by atoms with Crippen molar-refractivity contribution in [3.63, 3.8) is 0 Å². The molecule has 108 valence electrons. The van der Waals surface area contributed by atoms with Gasteiger partial charge in [-0.2, -0.15) is 0 Å². The maximum Gasteiger partial charge on any atom is 0.269 e. The molecule has 0 amide bonds. The van der Waals surface area contributed by atoms with Gasteiger partial charge in [-0.1, -0.05) is 11.6 Å². The molecule has 6 nitrogen and oxygen atoms in total. The minimum Gasteiger partial charge on any atom is -0.545 e. The molecule has 0 fully saturated rings. The third-order valence-corrected chi connectivity index (χ3v) is 2.94. The summed E-state index contributed by atoms with van der Waals surface area (Å²) in [5, 5.41) is 21.8. The number of rotatable bonds is 5. The van der Waals surface area contributed by atoms with Crippen molar-refractivity contribution in [3.05, 3.63) is 68.7 Å². The van der Waals surface area contributed by atoms with Crippen LogP contribution in [0.3, 0.4) is 0 Å². The molecule has 0 unspecified atom stereocenters. The fraction of sp³-hybridized carbons (Fsp3) is 0.0714. The molecule has 0 aliphatic heterocycles. The van der Waals surface area contributed by atoms with Crippen LogP contribution in [-0.2, 0) is 6.61 Å². The number of hydrogen-bond donors (Lipinski definition) is 0. The second kappa shape index (κ2) is 6.23. The number of benzene rings is 2. The Morgan fingerprint density at radius 3 is 2.43 bits per heavy atom. The second-order valence-corrected chi connectivity index (χ2v) is 4.58. The molecule has 21 heavy (non-hydrogen) atoms. The van der Waals surface area contributed by atoms with Gasteiger partial charge in [0.25, 0.3) is 5.69 Å². The molecule has 0 aliphatic carbocycles. The molecule has 0 bridgehead atoms. The summed E-state index contributed by atoms with van der Waals surface area (Å²) >= 11 is 5.71. The fourth-order valence-electron chi connectivity index (χ4n) is 1.66. The van der Waals surface area contributed by atoms with Crippen LogP contribution >= 0.6 is 11.6 Å². The molecule has 2 aromatic carbocycles. The minimum absolute atomic E-state index is 0.0272. The standard InChI is InChI=1S/C14H10ClNO5/c15-10-3-6-13(12(7-10)14(17)18)21-8-9-1-4-11(5-2-9)16(19)20/h1-7H,8H2,(H,17,18)/p-1. The third kappa shape index (κ3) is 3.70. The molecule has 0 saturated carbocycles. The Kier molecular flexibility index (Phi) is 4.39. The Hall–Kier alpha value is -2.60. The lowest BCUT2D eigenvalue weighted by atomic mass is 10.2. The summed E-state index contributed by atoms with van der Waals surface area (Å²) in [6, 6.07) is 9.93. The van der Waals surface area contributed by atoms with Crippen molar-refractivity contribution in [3.8, 4) is 5.75 Å². The van der Waals surface area contributed by atoms with E-state index in [9.17, 15) is 20.0 Å². The van der Waals surface area contributed by atoms with Crippen LogP contribution in [0.25, 0.3) is 0 Å². The Balaban J connectivity index is 2.13. The van der Waals surface area contributed by atoms with Crippen LogP contribution in [0.5, 0.6) is 5.75 Å². The highest BCUT2D eigenvalue weighted by molar-refractivity contribution is 6.31. The van der Waals surface area contributed by atoms with Crippen molar-refractivity contribution >= 4 is 23.3 Å². The fourth-order valence-corrected chi connectivity index (χ4v) is 1.83. The quantitative estimate of drug-likeness (QED) is 0.623. The zero-order valence-corrected chi connectivity index (χ0v) is 11.4. The summed E-state index contributed by atoms with van der Waals surface area (Å²) in [6.45, 7) is 0.0694. The van der Waals surface area contributed by atoms with Crippen molar-refractivity contribution in [2.24, 2.45) is 0 Å². The van der Waals surface area contributed by atoms with Gasteiger partial charge in [0.15, 0.2) is 0 Å². The minimum atomic E-state index is -1.39. The predicted molar refractivity (Wildman–Crippen MR) is 73.2 cm³/mol. The molecule has 0 saturated heterocycles. The van der Waals surface area contributed by atoms with Crippen LogP contribution in [0.15, 0.2) is 42.5 Å². The number of carbonyl (C=O) groups excluding carboxylic acids is 1. The summed E-state index contributed by atoms with van der Waals surface area (Å²) in [5.74, 6) is -1.27. The van der Waals surface area contributed by atoms with Gasteiger partial charge in [-0.15, -0.1) is 0 Å². The number of carboxylic acid groups (broad SMARTS) is 1. The second-order valence-electron chi connectivity index (χ2n) is 4.14. The van der Waals surface area contributed by atoms with Crippen LogP contribution in [0.2, 0.25) is 5.02 Å². The Morgan fingerprint density at radius 1 is 1.19 bits per heavy atom. The van der Waals surface area contributed by atoms with E-state index in [4.69, 9.17) is 16.3 Å². The highest BCUT2D eigenvalue weighted by Gasteiger charge is 2.08. The van der Waals surface area contributed by atoms with Crippen molar-refractivity contribution in [1.29, 1.82) is 0 Å². The number of hydrogen-bond acceptors (Lipinski definition) is 5. The SMILES string of the molecule is O=C([O-])c1cc(Cl)ccc1OCc1ccc([N+](=O)[O-])cc1. The molecule has 2 rings (SSSR count). The van der Waals surface area contributed by atoms with E-state index in [-0.39, 0.29) is 28.6 Å². The largest absolute Gasteiger partial charge is 0.545 e. The van der Waals surface area contributed by atoms with Crippen LogP contribution in [0.4, 0.5) is 5.69 Å². The topological polar surface area (TPSA) is 92.5 Å². The number of nitrogens with zero attached hydrogens (tertiary/aromatic N) is 1. The molecule has 0 atom stereocenters. The Labute approximate surface area is 124 Å². The zero-order valence-electron chi connectivity index (χ0n) is 10.6. The van der Waals surface area contributed by atoms with E-state index in [1.54, 1.807) is 0 Å². The lowest BCUT2D eigenvalue weighted by Crippen LogP contribution is -2.23. The van der Waals surface area contributed by atoms with E-state index >= 15 is 0 Å². The van der Waals surface area contributed by atoms with Gasteiger partial charge in [0, 0.05) is 22.7 Å². The molecule has 2 aromatic rings. The molecule has 0 spiro atoms. The third-order valence-electron chi connectivity index (χ3n) is 2.70. The monoisotopic (exact) mass is 306 g/mol. The summed E-state index contributed by atoms with van der Waals surface area (Å²) in [5.41, 5.74) is 0.491. The van der Waals surface area contributed by atoms with Crippen molar-refractivity contribution in [1.82, 2.24) is 0 Å². The maximum absolute atomic E-state index is 11.0. The van der Waals surface area contributed by atoms with E-state index in [2.05, 4.69) is 0 Å². The predicted octanol–water partition coefficient (Wildman–Crippen LogP) is 2.19. The summed E-state index contributed by atoms with van der Waals surface area (Å²) in [6.07, 6.45) is 0. The van der Waals surface area contributed by atoms with Gasteiger partial charge in [0.05, 0.1) is 10.9 Å². The van der Waals surface area contributed by atoms with Gasteiger partial charge in [-0.3, -0.25) is 10.1 Å². The van der Waals surface area contributed by atoms with Crippen LogP contribution in [-0.4, -0.2) is 10.9 Å². The van der Waals surface area contributed by atoms with Gasteiger partial charge in [-0.05, 0) is 35.9 Å². The maximum atomic E-state index is 11.0. The van der Waals surface area contributed by atoms with Crippen LogP contribution in [0, 0.1) is 10.1 Å². The van der Waals surface area contributed by atoms with E-state index in [0.29, 0.717) is 5.56 Å². The van der Waals surface area contributed by atoms with Gasteiger partial charge in [0.1, 0.15) is 12.4 Å². The molecule has 0 heterocycles. The number of non-ortho nitro benzene ring substituents is 1. The lowest BCUT2D eigenvalue weighted by molar-refractivity contribution is -0.384. The van der Waals surface area contributed by atoms with Gasteiger partial charge in [0.2, 0.25) is 0 Å². The Morgan fingerprint density at radius 2 is 1.86 bits per heavy atom. The number of nitro benzene ring substituents is 1.